The molecule has 0 aliphatic heterocycles. The van der Waals surface area contributed by atoms with Gasteiger partial charge in [0.05, 0.1) is 12.5 Å². The Bertz CT molecular complexity index is 349. The number of amides is 2. The van der Waals surface area contributed by atoms with Gasteiger partial charge >= 0.3 is 5.97 Å². The summed E-state index contributed by atoms with van der Waals surface area (Å²) >= 11 is 1.52. The lowest BCUT2D eigenvalue weighted by atomic mass is 10.1. The monoisotopic (exact) mass is 306 g/mol. The van der Waals surface area contributed by atoms with Crippen LogP contribution in [0.25, 0.3) is 0 Å². The van der Waals surface area contributed by atoms with E-state index in [1.807, 2.05) is 6.26 Å². The number of nitrogens with one attached hydrogen (secondary N) is 2. The van der Waals surface area contributed by atoms with E-state index in [1.165, 1.54) is 25.6 Å². The molecule has 0 aromatic rings. The first kappa shape index (κ1) is 18.7. The molecule has 0 bridgehead atoms. The van der Waals surface area contributed by atoms with E-state index in [2.05, 4.69) is 10.6 Å². The lowest BCUT2D eigenvalue weighted by molar-refractivity contribution is -0.141. The molecule has 0 aromatic carbocycles. The fourth-order valence-corrected chi connectivity index (χ4v) is 1.87. The molecule has 4 N–H and O–H groups in total. The number of rotatable bonds is 9. The smallest absolute Gasteiger partial charge is 0.325 e. The number of thioether (sulfide) groups is 1. The van der Waals surface area contributed by atoms with Gasteiger partial charge in [0.2, 0.25) is 11.8 Å². The zero-order valence-electron chi connectivity index (χ0n) is 11.9. The fraction of sp³-hybridized carbons (Fsp3) is 0.750. The van der Waals surface area contributed by atoms with E-state index in [9.17, 15) is 14.4 Å². The third-order valence-corrected chi connectivity index (χ3v) is 3.12. The van der Waals surface area contributed by atoms with E-state index in [4.69, 9.17) is 10.2 Å². The highest BCUT2D eigenvalue weighted by atomic mass is 32.2. The van der Waals surface area contributed by atoms with Gasteiger partial charge in [0.15, 0.2) is 0 Å². The van der Waals surface area contributed by atoms with Crippen LogP contribution in [-0.2, 0) is 14.4 Å². The number of carbonyl (C=O) groups excluding carboxylic acids is 2. The maximum absolute atomic E-state index is 11.9. The zero-order valence-corrected chi connectivity index (χ0v) is 12.7. The largest absolute Gasteiger partial charge is 0.480 e. The van der Waals surface area contributed by atoms with Crippen molar-refractivity contribution in [3.8, 4) is 0 Å². The number of carbonyl (C=O) groups is 3. The molecule has 0 radical (unpaired) electrons. The van der Waals surface area contributed by atoms with Gasteiger partial charge in [-0.15, -0.1) is 0 Å². The summed E-state index contributed by atoms with van der Waals surface area (Å²) in [5.74, 6) is -1.47. The molecule has 0 saturated heterocycles. The fourth-order valence-electron chi connectivity index (χ4n) is 1.40. The van der Waals surface area contributed by atoms with Gasteiger partial charge in [-0.05, 0) is 32.3 Å². The average Bonchev–Trinajstić information content (AvgIpc) is 2.32. The summed E-state index contributed by atoms with van der Waals surface area (Å²) < 4.78 is 0. The van der Waals surface area contributed by atoms with Crippen LogP contribution in [0.3, 0.4) is 0 Å². The molecule has 2 amide bonds. The molecule has 8 heteroatoms. The Labute approximate surface area is 122 Å². The molecule has 20 heavy (non-hydrogen) atoms. The predicted octanol–water partition coefficient (Wildman–Crippen LogP) is -0.415. The Morgan fingerprint density at radius 2 is 1.80 bits per heavy atom. The summed E-state index contributed by atoms with van der Waals surface area (Å²) in [6.07, 6.45) is 1.37. The molecule has 0 aliphatic carbocycles. The van der Waals surface area contributed by atoms with Gasteiger partial charge in [-0.1, -0.05) is 0 Å². The second kappa shape index (κ2) is 9.60. The Morgan fingerprint density at radius 1 is 1.20 bits per heavy atom. The molecule has 0 fully saturated rings. The maximum atomic E-state index is 11.9. The van der Waals surface area contributed by atoms with E-state index in [-0.39, 0.29) is 6.42 Å². The van der Waals surface area contributed by atoms with Crippen molar-refractivity contribution in [3.05, 3.63) is 0 Å². The number of carboxylic acid groups (broad SMARTS) is 1. The number of carboxylic acids is 1. The van der Waals surface area contributed by atoms with Crippen molar-refractivity contribution < 1.29 is 24.6 Å². The first-order valence-corrected chi connectivity index (χ1v) is 7.66. The molecule has 0 aromatic heterocycles. The van der Waals surface area contributed by atoms with Gasteiger partial charge in [0, 0.05) is 0 Å². The minimum Gasteiger partial charge on any atom is -0.480 e. The Hall–Kier alpha value is -1.28. The summed E-state index contributed by atoms with van der Waals surface area (Å²) in [5, 5.41) is 22.7. The Balaban J connectivity index is 4.57. The van der Waals surface area contributed by atoms with E-state index in [1.54, 1.807) is 0 Å². The van der Waals surface area contributed by atoms with Crippen LogP contribution in [0, 0.1) is 0 Å². The van der Waals surface area contributed by atoms with Crippen LogP contribution < -0.4 is 10.6 Å². The highest BCUT2D eigenvalue weighted by molar-refractivity contribution is 7.98. The minimum atomic E-state index is -1.14. The van der Waals surface area contributed by atoms with Crippen LogP contribution in [-0.4, -0.2) is 58.2 Å². The lowest BCUT2D eigenvalue weighted by Gasteiger charge is -2.20. The second-order valence-corrected chi connectivity index (χ2v) is 5.51. The summed E-state index contributed by atoms with van der Waals surface area (Å²) in [6, 6.07) is -1.82. The quantitative estimate of drug-likeness (QED) is 0.460. The topological polar surface area (TPSA) is 116 Å². The van der Waals surface area contributed by atoms with Crippen molar-refractivity contribution in [2.24, 2.45) is 0 Å². The lowest BCUT2D eigenvalue weighted by Crippen LogP contribution is -2.51. The van der Waals surface area contributed by atoms with Gasteiger partial charge in [0.1, 0.15) is 12.1 Å². The van der Waals surface area contributed by atoms with Gasteiger partial charge in [0.25, 0.3) is 0 Å². The van der Waals surface area contributed by atoms with Crippen LogP contribution in [0.15, 0.2) is 0 Å². The van der Waals surface area contributed by atoms with Crippen molar-refractivity contribution in [1.29, 1.82) is 0 Å². The van der Waals surface area contributed by atoms with Crippen LogP contribution in [0.5, 0.6) is 0 Å². The third kappa shape index (κ3) is 8.00. The van der Waals surface area contributed by atoms with Crippen LogP contribution >= 0.6 is 11.8 Å². The van der Waals surface area contributed by atoms with Crippen molar-refractivity contribution in [1.82, 2.24) is 10.6 Å². The molecule has 0 saturated carbocycles. The van der Waals surface area contributed by atoms with Gasteiger partial charge < -0.3 is 20.8 Å². The molecule has 7 nitrogen and oxygen atoms in total. The number of hydrogen-bond acceptors (Lipinski definition) is 5. The molecule has 0 aliphatic rings. The number of aliphatic carboxylic acids is 1. The molecule has 116 valence electrons. The second-order valence-electron chi connectivity index (χ2n) is 4.52. The van der Waals surface area contributed by atoms with E-state index < -0.39 is 36.0 Å². The Kier molecular flexibility index (Phi) is 8.98. The molecule has 0 spiro atoms. The molecule has 0 rings (SSSR count). The maximum Gasteiger partial charge on any atom is 0.325 e. The summed E-state index contributed by atoms with van der Waals surface area (Å²) in [6.45, 7) is 2.83. The van der Waals surface area contributed by atoms with Gasteiger partial charge in [-0.25, -0.2) is 0 Å². The summed E-state index contributed by atoms with van der Waals surface area (Å²) in [5.41, 5.74) is 0. The third-order valence-electron chi connectivity index (χ3n) is 2.47. The number of aliphatic hydroxyl groups is 1. The van der Waals surface area contributed by atoms with E-state index in [0.717, 1.165) is 0 Å². The van der Waals surface area contributed by atoms with Crippen LogP contribution in [0.2, 0.25) is 0 Å². The standard InChI is InChI=1S/C12H22N2O5S/c1-7(15)6-10(16)14-9(4-5-20-3)11(17)13-8(2)12(18)19/h7-9,15H,4-6H2,1-3H3,(H,13,17)(H,14,16)(H,18,19)/t7?,8-,9-/m0/s1. The molecule has 0 heterocycles. The highest BCUT2D eigenvalue weighted by Gasteiger charge is 2.24. The zero-order chi connectivity index (χ0) is 15.7. The van der Waals surface area contributed by atoms with Crippen molar-refractivity contribution in [2.45, 2.75) is 44.9 Å². The minimum absolute atomic E-state index is 0.0997. The predicted molar refractivity (Wildman–Crippen MR) is 76.5 cm³/mol. The van der Waals surface area contributed by atoms with Crippen molar-refractivity contribution in [2.75, 3.05) is 12.0 Å². The van der Waals surface area contributed by atoms with Crippen molar-refractivity contribution in [3.63, 3.8) is 0 Å². The molecular formula is C12H22N2O5S. The SMILES string of the molecule is CSCC[C@H](NC(=O)CC(C)O)C(=O)N[C@@H](C)C(=O)O. The molecule has 1 unspecified atom stereocenters. The van der Waals surface area contributed by atoms with E-state index >= 15 is 0 Å². The first-order valence-electron chi connectivity index (χ1n) is 6.27. The molecule has 3 atom stereocenters. The normalized spacial score (nSPS) is 15.0. The number of aliphatic hydroxyl groups excluding tert-OH is 1. The summed E-state index contributed by atoms with van der Waals surface area (Å²) in [4.78, 5) is 34.2. The van der Waals surface area contributed by atoms with Crippen LogP contribution in [0.1, 0.15) is 26.7 Å². The molecular weight excluding hydrogens is 284 g/mol. The highest BCUT2D eigenvalue weighted by Crippen LogP contribution is 2.03. The van der Waals surface area contributed by atoms with E-state index in [0.29, 0.717) is 12.2 Å². The van der Waals surface area contributed by atoms with Gasteiger partial charge in [-0.2, -0.15) is 11.8 Å². The van der Waals surface area contributed by atoms with Gasteiger partial charge in [-0.3, -0.25) is 14.4 Å². The Morgan fingerprint density at radius 3 is 2.25 bits per heavy atom. The van der Waals surface area contributed by atoms with Crippen molar-refractivity contribution >= 4 is 29.5 Å². The average molecular weight is 306 g/mol. The number of hydrogen-bond donors (Lipinski definition) is 4. The first-order chi connectivity index (χ1) is 9.27. The van der Waals surface area contributed by atoms with Crippen LogP contribution in [0.4, 0.5) is 0 Å². The summed E-state index contributed by atoms with van der Waals surface area (Å²) in [7, 11) is 0.